The number of hydrogen-bond donors (Lipinski definition) is 1. The lowest BCUT2D eigenvalue weighted by Gasteiger charge is -2.15. The second kappa shape index (κ2) is 3.28. The smallest absolute Gasteiger partial charge is 0.405 e. The third kappa shape index (κ3) is 1.75. The highest BCUT2D eigenvalue weighted by atomic mass is 79.9. The molecule has 1 saturated carbocycles. The quantitative estimate of drug-likeness (QED) is 0.883. The number of halogens is 1. The van der Waals surface area contributed by atoms with E-state index in [1.54, 1.807) is 0 Å². The van der Waals surface area contributed by atoms with Crippen LogP contribution in [0.5, 0.6) is 0 Å². The van der Waals surface area contributed by atoms with Crippen LogP contribution in [0, 0.1) is 0 Å². The van der Waals surface area contributed by atoms with Crippen LogP contribution in [0.15, 0.2) is 28.7 Å². The monoisotopic (exact) mass is 255 g/mol. The molecule has 0 aromatic heterocycles. The summed E-state index contributed by atoms with van der Waals surface area (Å²) in [5, 5.41) is 0. The second-order valence-corrected chi connectivity index (χ2v) is 4.34. The average Bonchev–Trinajstić information content (AvgIpc) is 2.84. The zero-order valence-electron chi connectivity index (χ0n) is 7.50. The van der Waals surface area contributed by atoms with Crippen LogP contribution in [-0.4, -0.2) is 6.09 Å². The summed E-state index contributed by atoms with van der Waals surface area (Å²) in [5.41, 5.74) is 5.58. The van der Waals surface area contributed by atoms with E-state index in [1.807, 2.05) is 24.3 Å². The molecule has 0 atom stereocenters. The van der Waals surface area contributed by atoms with Crippen molar-refractivity contribution in [3.05, 3.63) is 34.3 Å². The van der Waals surface area contributed by atoms with Crippen LogP contribution in [0.4, 0.5) is 4.79 Å². The Morgan fingerprint density at radius 1 is 1.50 bits per heavy atom. The maximum atomic E-state index is 10.7. The standard InChI is InChI=1S/C10H10BrNO2/c11-8-3-1-2-7(6-8)10(4-5-10)14-9(12)13/h1-3,6H,4-5H2,(H2,12,13). The summed E-state index contributed by atoms with van der Waals surface area (Å²) in [5.74, 6) is 0. The van der Waals surface area contributed by atoms with Gasteiger partial charge in [0.1, 0.15) is 5.60 Å². The molecule has 1 amide bonds. The summed E-state index contributed by atoms with van der Waals surface area (Å²) in [7, 11) is 0. The molecule has 0 spiro atoms. The van der Waals surface area contributed by atoms with Gasteiger partial charge in [0.15, 0.2) is 0 Å². The molecule has 2 N–H and O–H groups in total. The normalized spacial score (nSPS) is 17.5. The third-order valence-corrected chi connectivity index (χ3v) is 2.84. The highest BCUT2D eigenvalue weighted by Crippen LogP contribution is 2.49. The fourth-order valence-corrected chi connectivity index (χ4v) is 1.93. The number of nitrogens with two attached hydrogens (primary N) is 1. The van der Waals surface area contributed by atoms with Gasteiger partial charge in [0, 0.05) is 4.47 Å². The van der Waals surface area contributed by atoms with E-state index in [9.17, 15) is 4.79 Å². The van der Waals surface area contributed by atoms with Crippen LogP contribution in [0.25, 0.3) is 0 Å². The molecule has 1 aromatic carbocycles. The van der Waals surface area contributed by atoms with Crippen LogP contribution in [0.3, 0.4) is 0 Å². The lowest BCUT2D eigenvalue weighted by atomic mass is 10.1. The Bertz CT molecular complexity index is 374. The van der Waals surface area contributed by atoms with E-state index in [1.165, 1.54) is 0 Å². The van der Waals surface area contributed by atoms with Gasteiger partial charge in [-0.15, -0.1) is 0 Å². The van der Waals surface area contributed by atoms with E-state index < -0.39 is 11.7 Å². The van der Waals surface area contributed by atoms with Crippen LogP contribution in [0.2, 0.25) is 0 Å². The first kappa shape index (κ1) is 9.52. The van der Waals surface area contributed by atoms with E-state index in [0.717, 1.165) is 22.9 Å². The first-order valence-corrected chi connectivity index (χ1v) is 5.16. The van der Waals surface area contributed by atoms with Gasteiger partial charge in [-0.2, -0.15) is 0 Å². The van der Waals surface area contributed by atoms with Crippen molar-refractivity contribution in [2.45, 2.75) is 18.4 Å². The van der Waals surface area contributed by atoms with Gasteiger partial charge in [-0.3, -0.25) is 0 Å². The molecule has 2 rings (SSSR count). The zero-order chi connectivity index (χ0) is 10.2. The average molecular weight is 256 g/mol. The van der Waals surface area contributed by atoms with Crippen molar-refractivity contribution in [3.8, 4) is 0 Å². The summed E-state index contributed by atoms with van der Waals surface area (Å²) in [6.07, 6.45) is 1.00. The largest absolute Gasteiger partial charge is 0.438 e. The molecule has 4 heteroatoms. The van der Waals surface area contributed by atoms with Crippen LogP contribution >= 0.6 is 15.9 Å². The molecule has 0 aliphatic heterocycles. The predicted molar refractivity (Wildman–Crippen MR) is 55.7 cm³/mol. The van der Waals surface area contributed by atoms with E-state index in [4.69, 9.17) is 10.5 Å². The minimum atomic E-state index is -0.706. The Hall–Kier alpha value is -1.03. The van der Waals surface area contributed by atoms with Crippen molar-refractivity contribution in [1.29, 1.82) is 0 Å². The number of primary amides is 1. The van der Waals surface area contributed by atoms with Crippen LogP contribution < -0.4 is 5.73 Å². The lowest BCUT2D eigenvalue weighted by Crippen LogP contribution is -2.22. The molecule has 1 aliphatic rings. The minimum absolute atomic E-state index is 0.449. The van der Waals surface area contributed by atoms with Crippen molar-refractivity contribution in [1.82, 2.24) is 0 Å². The highest BCUT2D eigenvalue weighted by Gasteiger charge is 2.48. The van der Waals surface area contributed by atoms with Gasteiger partial charge in [0.25, 0.3) is 0 Å². The van der Waals surface area contributed by atoms with E-state index >= 15 is 0 Å². The summed E-state index contributed by atoms with van der Waals surface area (Å²) in [6.45, 7) is 0. The molecular weight excluding hydrogens is 246 g/mol. The van der Waals surface area contributed by atoms with Gasteiger partial charge < -0.3 is 10.5 Å². The number of hydrogen-bond acceptors (Lipinski definition) is 2. The Kier molecular flexibility index (Phi) is 2.23. The summed E-state index contributed by atoms with van der Waals surface area (Å²) >= 11 is 3.38. The van der Waals surface area contributed by atoms with Gasteiger partial charge in [0.05, 0.1) is 0 Å². The summed E-state index contributed by atoms with van der Waals surface area (Å²) < 4.78 is 6.09. The van der Waals surface area contributed by atoms with Gasteiger partial charge >= 0.3 is 6.09 Å². The molecule has 0 saturated heterocycles. The predicted octanol–water partition coefficient (Wildman–Crippen LogP) is 2.53. The number of benzene rings is 1. The van der Waals surface area contributed by atoms with Gasteiger partial charge in [-0.25, -0.2) is 4.79 Å². The van der Waals surface area contributed by atoms with Crippen LogP contribution in [-0.2, 0) is 10.3 Å². The van der Waals surface area contributed by atoms with E-state index in [2.05, 4.69) is 15.9 Å². The van der Waals surface area contributed by atoms with Crippen molar-refractivity contribution in [3.63, 3.8) is 0 Å². The first-order chi connectivity index (χ1) is 6.62. The Balaban J connectivity index is 2.26. The maximum Gasteiger partial charge on any atom is 0.405 e. The van der Waals surface area contributed by atoms with Crippen molar-refractivity contribution in [2.24, 2.45) is 5.73 Å². The van der Waals surface area contributed by atoms with E-state index in [-0.39, 0.29) is 0 Å². The van der Waals surface area contributed by atoms with E-state index in [0.29, 0.717) is 0 Å². The number of ether oxygens (including phenoxy) is 1. The molecule has 0 radical (unpaired) electrons. The SMILES string of the molecule is NC(=O)OC1(c2cccc(Br)c2)CC1. The fraction of sp³-hybridized carbons (Fsp3) is 0.300. The number of carbonyl (C=O) groups is 1. The van der Waals surface area contributed by atoms with Gasteiger partial charge in [-0.05, 0) is 30.5 Å². The van der Waals surface area contributed by atoms with Crippen molar-refractivity contribution < 1.29 is 9.53 Å². The minimum Gasteiger partial charge on any atom is -0.438 e. The topological polar surface area (TPSA) is 52.3 Å². The molecule has 0 unspecified atom stereocenters. The number of carbonyl (C=O) groups excluding carboxylic acids is 1. The Morgan fingerprint density at radius 2 is 2.21 bits per heavy atom. The molecule has 74 valence electrons. The molecule has 1 aliphatic carbocycles. The van der Waals surface area contributed by atoms with Gasteiger partial charge in [0.2, 0.25) is 0 Å². The summed E-state index contributed by atoms with van der Waals surface area (Å²) in [6, 6.07) is 7.75. The number of rotatable bonds is 2. The highest BCUT2D eigenvalue weighted by molar-refractivity contribution is 9.10. The third-order valence-electron chi connectivity index (χ3n) is 2.35. The molecule has 1 fully saturated rings. The molecule has 0 heterocycles. The lowest BCUT2D eigenvalue weighted by molar-refractivity contribution is 0.0899. The molecule has 1 aromatic rings. The zero-order valence-corrected chi connectivity index (χ0v) is 9.08. The maximum absolute atomic E-state index is 10.7. The fourth-order valence-electron chi connectivity index (χ4n) is 1.53. The Morgan fingerprint density at radius 3 is 2.71 bits per heavy atom. The molecule has 14 heavy (non-hydrogen) atoms. The molecule has 0 bridgehead atoms. The second-order valence-electron chi connectivity index (χ2n) is 3.43. The Labute approximate surface area is 90.4 Å². The first-order valence-electron chi connectivity index (χ1n) is 4.37. The van der Waals surface area contributed by atoms with Crippen molar-refractivity contribution in [2.75, 3.05) is 0 Å². The van der Waals surface area contributed by atoms with Crippen molar-refractivity contribution >= 4 is 22.0 Å². The molecular formula is C10H10BrNO2. The molecule has 3 nitrogen and oxygen atoms in total. The number of amides is 1. The van der Waals surface area contributed by atoms with Crippen LogP contribution in [0.1, 0.15) is 18.4 Å². The van der Waals surface area contributed by atoms with Gasteiger partial charge in [-0.1, -0.05) is 28.1 Å². The summed E-state index contributed by atoms with van der Waals surface area (Å²) in [4.78, 5) is 10.7.